The number of piperidine rings is 1. The molecule has 3 saturated heterocycles. The molecule has 5 nitrogen and oxygen atoms in total. The molecular formula is C18H24NO4+. The van der Waals surface area contributed by atoms with Crippen LogP contribution in [0.25, 0.3) is 0 Å². The van der Waals surface area contributed by atoms with E-state index in [-0.39, 0.29) is 18.7 Å². The Morgan fingerprint density at radius 1 is 1.26 bits per heavy atom. The third kappa shape index (κ3) is 2.38. The Kier molecular flexibility index (Phi) is 3.48. The summed E-state index contributed by atoms with van der Waals surface area (Å²) in [7, 11) is 4.51. The average Bonchev–Trinajstić information content (AvgIpc) is 3.27. The Balaban J connectivity index is 1.44. The Bertz CT molecular complexity index is 582. The quantitative estimate of drug-likeness (QED) is 0.512. The minimum atomic E-state index is -0.593. The zero-order valence-electron chi connectivity index (χ0n) is 13.6. The minimum absolute atomic E-state index is 0.0576. The molecule has 3 fully saturated rings. The first-order valence-electron chi connectivity index (χ1n) is 8.37. The van der Waals surface area contributed by atoms with Crippen molar-refractivity contribution < 1.29 is 23.9 Å². The smallest absolute Gasteiger partial charge is 0.316 e. The standard InChI is InChI=1S/C18H24NO4/c1-19(2)14-8-12(9-15(19)17-16(14)23-17)22-18(21)13(10-20)11-6-4-3-5-7-11/h3-7,12-17,20H,8-10H2,1-2H3/q+1/t12?,13-,14?,15?,16?,17?/m0/s1. The van der Waals surface area contributed by atoms with Gasteiger partial charge in [0.25, 0.3) is 0 Å². The summed E-state index contributed by atoms with van der Waals surface area (Å²) in [6.07, 6.45) is 2.34. The van der Waals surface area contributed by atoms with Gasteiger partial charge in [-0.2, -0.15) is 0 Å². The van der Waals surface area contributed by atoms with Crippen molar-refractivity contribution in [2.75, 3.05) is 20.7 Å². The van der Waals surface area contributed by atoms with Crippen molar-refractivity contribution in [3.8, 4) is 0 Å². The molecule has 0 aliphatic carbocycles. The largest absolute Gasteiger partial charge is 0.461 e. The molecule has 5 atom stereocenters. The molecule has 1 N–H and O–H groups in total. The third-order valence-corrected chi connectivity index (χ3v) is 5.99. The number of likely N-dealkylation sites (N-methyl/N-ethyl adjacent to an activating group) is 1. The summed E-state index contributed by atoms with van der Waals surface area (Å²) >= 11 is 0. The van der Waals surface area contributed by atoms with Gasteiger partial charge in [-0.3, -0.25) is 4.79 Å². The van der Waals surface area contributed by atoms with E-state index in [0.717, 1.165) is 22.9 Å². The number of hydrogen-bond donors (Lipinski definition) is 1. The second-order valence-electron chi connectivity index (χ2n) is 7.51. The summed E-state index contributed by atoms with van der Waals surface area (Å²) in [4.78, 5) is 12.5. The predicted molar refractivity (Wildman–Crippen MR) is 83.7 cm³/mol. The number of aliphatic hydroxyl groups excluding tert-OH is 1. The molecule has 0 saturated carbocycles. The van der Waals surface area contributed by atoms with Crippen molar-refractivity contribution in [2.24, 2.45) is 0 Å². The van der Waals surface area contributed by atoms with Crippen molar-refractivity contribution >= 4 is 5.97 Å². The molecule has 0 radical (unpaired) electrons. The number of morpholine rings is 1. The summed E-state index contributed by atoms with van der Waals surface area (Å²) < 4.78 is 12.5. The van der Waals surface area contributed by atoms with E-state index in [4.69, 9.17) is 9.47 Å². The van der Waals surface area contributed by atoms with E-state index in [2.05, 4.69) is 14.1 Å². The van der Waals surface area contributed by atoms with Gasteiger partial charge in [0.05, 0.1) is 20.7 Å². The summed E-state index contributed by atoms with van der Waals surface area (Å²) in [5.41, 5.74) is 0.807. The fourth-order valence-corrected chi connectivity index (χ4v) is 4.55. The van der Waals surface area contributed by atoms with Gasteiger partial charge in [0, 0.05) is 12.8 Å². The van der Waals surface area contributed by atoms with Gasteiger partial charge >= 0.3 is 5.97 Å². The number of fused-ring (bicyclic) bond motifs is 5. The van der Waals surface area contributed by atoms with Gasteiger partial charge in [-0.15, -0.1) is 0 Å². The number of hydrogen-bond acceptors (Lipinski definition) is 4. The average molecular weight is 318 g/mol. The van der Waals surface area contributed by atoms with Crippen LogP contribution in [-0.4, -0.2) is 66.7 Å². The molecule has 3 aliphatic rings. The van der Waals surface area contributed by atoms with E-state index in [1.807, 2.05) is 30.3 Å². The maximum Gasteiger partial charge on any atom is 0.316 e. The van der Waals surface area contributed by atoms with Gasteiger partial charge in [-0.05, 0) is 5.56 Å². The molecule has 1 aromatic rings. The van der Waals surface area contributed by atoms with Gasteiger partial charge in [-0.25, -0.2) is 0 Å². The van der Waals surface area contributed by atoms with Crippen LogP contribution in [0.1, 0.15) is 24.3 Å². The highest BCUT2D eigenvalue weighted by Crippen LogP contribution is 2.51. The Morgan fingerprint density at radius 2 is 1.87 bits per heavy atom. The van der Waals surface area contributed by atoms with Gasteiger partial charge < -0.3 is 19.1 Å². The van der Waals surface area contributed by atoms with Crippen molar-refractivity contribution in [3.63, 3.8) is 0 Å². The van der Waals surface area contributed by atoms with E-state index in [1.165, 1.54) is 0 Å². The van der Waals surface area contributed by atoms with Crippen LogP contribution in [0.3, 0.4) is 0 Å². The fraction of sp³-hybridized carbons (Fsp3) is 0.611. The zero-order valence-corrected chi connectivity index (χ0v) is 13.6. The van der Waals surface area contributed by atoms with Crippen molar-refractivity contribution in [1.29, 1.82) is 0 Å². The highest BCUT2D eigenvalue weighted by Gasteiger charge is 2.70. The van der Waals surface area contributed by atoms with Crippen LogP contribution < -0.4 is 0 Å². The molecule has 0 amide bonds. The summed E-state index contributed by atoms with van der Waals surface area (Å²) in [6, 6.07) is 10.2. The second kappa shape index (κ2) is 5.30. The molecule has 23 heavy (non-hydrogen) atoms. The predicted octanol–water partition coefficient (Wildman–Crippen LogP) is 1.06. The monoisotopic (exact) mass is 318 g/mol. The van der Waals surface area contributed by atoms with Crippen LogP contribution in [0, 0.1) is 0 Å². The first-order chi connectivity index (χ1) is 11.0. The van der Waals surface area contributed by atoms with E-state index in [0.29, 0.717) is 24.3 Å². The topological polar surface area (TPSA) is 59.1 Å². The number of esters is 1. The number of rotatable bonds is 4. The molecule has 3 heterocycles. The SMILES string of the molecule is C[N+]1(C)C2CC(OC(=O)[C@@H](CO)c3ccccc3)CC1C1OC12. The number of ether oxygens (including phenoxy) is 2. The number of carbonyl (C=O) groups excluding carboxylic acids is 1. The first kappa shape index (κ1) is 15.1. The first-order valence-corrected chi connectivity index (χ1v) is 8.37. The summed E-state index contributed by atoms with van der Waals surface area (Å²) in [6.45, 7) is -0.224. The van der Waals surface area contributed by atoms with Crippen LogP contribution >= 0.6 is 0 Å². The van der Waals surface area contributed by atoms with Crippen molar-refractivity contribution in [3.05, 3.63) is 35.9 Å². The Hall–Kier alpha value is -1.43. The van der Waals surface area contributed by atoms with E-state index < -0.39 is 5.92 Å². The molecule has 0 spiro atoms. The highest BCUT2D eigenvalue weighted by molar-refractivity contribution is 5.78. The summed E-state index contributed by atoms with van der Waals surface area (Å²) in [5, 5.41) is 9.60. The van der Waals surface area contributed by atoms with E-state index in [9.17, 15) is 9.90 Å². The van der Waals surface area contributed by atoms with Crippen LogP contribution in [0.4, 0.5) is 0 Å². The fourth-order valence-electron chi connectivity index (χ4n) is 4.55. The van der Waals surface area contributed by atoms with Crippen LogP contribution in [0.2, 0.25) is 0 Å². The Morgan fingerprint density at radius 3 is 2.43 bits per heavy atom. The van der Waals surface area contributed by atoms with Gasteiger partial charge in [0.1, 0.15) is 36.3 Å². The molecule has 3 aliphatic heterocycles. The third-order valence-electron chi connectivity index (χ3n) is 5.99. The highest BCUT2D eigenvalue weighted by atomic mass is 16.6. The number of benzene rings is 1. The number of aliphatic hydroxyl groups is 1. The molecule has 5 heteroatoms. The van der Waals surface area contributed by atoms with Crippen LogP contribution in [0.15, 0.2) is 30.3 Å². The molecule has 0 aromatic heterocycles. The number of quaternary nitrogens is 1. The molecule has 1 aromatic carbocycles. The molecule has 4 unspecified atom stereocenters. The maximum atomic E-state index is 12.5. The number of epoxide rings is 1. The van der Waals surface area contributed by atoms with Gasteiger partial charge in [-0.1, -0.05) is 30.3 Å². The molecule has 2 bridgehead atoms. The molecule has 124 valence electrons. The lowest BCUT2D eigenvalue weighted by Crippen LogP contribution is -2.60. The van der Waals surface area contributed by atoms with Crippen LogP contribution in [0.5, 0.6) is 0 Å². The molecular weight excluding hydrogens is 294 g/mol. The van der Waals surface area contributed by atoms with Crippen molar-refractivity contribution in [2.45, 2.75) is 49.2 Å². The lowest BCUT2D eigenvalue weighted by Gasteiger charge is -2.45. The van der Waals surface area contributed by atoms with Gasteiger partial charge in [0.15, 0.2) is 0 Å². The number of nitrogens with zero attached hydrogens (tertiary/aromatic N) is 1. The normalized spacial score (nSPS) is 37.8. The van der Waals surface area contributed by atoms with Crippen molar-refractivity contribution in [1.82, 2.24) is 0 Å². The lowest BCUT2D eigenvalue weighted by atomic mass is 9.95. The Labute approximate surface area is 136 Å². The second-order valence-corrected chi connectivity index (χ2v) is 7.51. The van der Waals surface area contributed by atoms with E-state index >= 15 is 0 Å². The van der Waals surface area contributed by atoms with E-state index in [1.54, 1.807) is 0 Å². The number of carbonyl (C=O) groups is 1. The van der Waals surface area contributed by atoms with Gasteiger partial charge in [0.2, 0.25) is 0 Å². The molecule has 4 rings (SSSR count). The van der Waals surface area contributed by atoms with Crippen LogP contribution in [-0.2, 0) is 14.3 Å². The summed E-state index contributed by atoms with van der Waals surface area (Å²) in [5.74, 6) is -0.908. The maximum absolute atomic E-state index is 12.5. The lowest BCUT2D eigenvalue weighted by molar-refractivity contribution is -0.938. The zero-order chi connectivity index (χ0) is 16.2. The minimum Gasteiger partial charge on any atom is -0.461 e.